The number of carbonyl (C=O) groups excluding carboxylic acids is 3. The molecule has 0 radical (unpaired) electrons. The van der Waals surface area contributed by atoms with Crippen molar-refractivity contribution in [1.29, 1.82) is 5.26 Å². The third-order valence-electron chi connectivity index (χ3n) is 6.17. The number of ether oxygens (including phenoxy) is 1. The van der Waals surface area contributed by atoms with Crippen LogP contribution in [0.5, 0.6) is 0 Å². The van der Waals surface area contributed by atoms with Crippen molar-refractivity contribution in [2.75, 3.05) is 31.6 Å². The summed E-state index contributed by atoms with van der Waals surface area (Å²) >= 11 is 0. The van der Waals surface area contributed by atoms with Gasteiger partial charge in [-0.05, 0) is 46.1 Å². The van der Waals surface area contributed by atoms with E-state index in [-0.39, 0.29) is 30.8 Å². The first-order valence-corrected chi connectivity index (χ1v) is 12.0. The minimum Gasteiger partial charge on any atom is -0.442 e. The summed E-state index contributed by atoms with van der Waals surface area (Å²) in [5.74, 6) is 0.727. The molecule has 36 heavy (non-hydrogen) atoms. The van der Waals surface area contributed by atoms with Crippen LogP contribution >= 0.6 is 0 Å². The fourth-order valence-corrected chi connectivity index (χ4v) is 4.24. The Kier molecular flexibility index (Phi) is 8.02. The quantitative estimate of drug-likeness (QED) is 0.636. The molecule has 0 saturated carbocycles. The predicted molar refractivity (Wildman–Crippen MR) is 133 cm³/mol. The molecule has 12 nitrogen and oxygen atoms in total. The zero-order valence-electron chi connectivity index (χ0n) is 21.7. The van der Waals surface area contributed by atoms with E-state index in [1.807, 2.05) is 18.0 Å². The predicted octanol–water partition coefficient (Wildman–Crippen LogP) is 2.75. The van der Waals surface area contributed by atoms with Gasteiger partial charge in [0.05, 0.1) is 17.5 Å². The summed E-state index contributed by atoms with van der Waals surface area (Å²) in [6, 6.07) is 3.08. The van der Waals surface area contributed by atoms with Crippen molar-refractivity contribution >= 4 is 34.9 Å². The summed E-state index contributed by atoms with van der Waals surface area (Å²) in [6.45, 7) is 10.4. The zero-order valence-corrected chi connectivity index (χ0v) is 21.7. The highest BCUT2D eigenvalue weighted by Crippen LogP contribution is 2.29. The number of rotatable bonds is 4. The molecular formula is C24H34N8O4. The van der Waals surface area contributed by atoms with Crippen LogP contribution in [0.25, 0.3) is 11.0 Å². The van der Waals surface area contributed by atoms with Crippen molar-refractivity contribution in [3.8, 4) is 6.07 Å². The first-order valence-electron chi connectivity index (χ1n) is 12.0. The van der Waals surface area contributed by atoms with E-state index in [1.54, 1.807) is 44.9 Å². The third kappa shape index (κ3) is 5.84. The fraction of sp³-hybridized carbons (Fsp3) is 0.583. The Labute approximate surface area is 210 Å². The summed E-state index contributed by atoms with van der Waals surface area (Å²) in [4.78, 5) is 50.3. The standard InChI is InChI=1S/C24H34N8O4/c1-7-32(23(35)36-24(3,4)5)28-22(34)31-13-10-17-20(26-15-27-21(17)31)29(6)18-14-30(12-9-16(18)2)19(33)8-11-25/h10,13,15-16,18H,7-9,12,14H2,1-6H3,(H,28,34)/t16-,18+/m1/s1. The molecule has 3 amide bonds. The number of nitriles is 1. The molecule has 0 aliphatic carbocycles. The topological polar surface area (TPSA) is 137 Å². The number of likely N-dealkylation sites (tertiary alicyclic amines) is 1. The number of carbonyl (C=O) groups is 3. The molecule has 2 aromatic heterocycles. The monoisotopic (exact) mass is 498 g/mol. The van der Waals surface area contributed by atoms with Gasteiger partial charge in [0, 0.05) is 32.9 Å². The number of nitrogens with one attached hydrogen (secondary N) is 1. The van der Waals surface area contributed by atoms with E-state index < -0.39 is 17.7 Å². The molecule has 1 aliphatic rings. The summed E-state index contributed by atoms with van der Waals surface area (Å²) < 4.78 is 6.66. The van der Waals surface area contributed by atoms with Crippen molar-refractivity contribution in [3.63, 3.8) is 0 Å². The number of aromatic nitrogens is 3. The highest BCUT2D eigenvalue weighted by molar-refractivity contribution is 5.95. The van der Waals surface area contributed by atoms with E-state index in [0.717, 1.165) is 11.4 Å². The first kappa shape index (κ1) is 26.7. The maximum atomic E-state index is 13.0. The van der Waals surface area contributed by atoms with Gasteiger partial charge < -0.3 is 14.5 Å². The number of hydrogen-bond acceptors (Lipinski definition) is 8. The molecule has 2 aromatic rings. The van der Waals surface area contributed by atoms with Gasteiger partial charge in [-0.1, -0.05) is 6.92 Å². The van der Waals surface area contributed by atoms with E-state index in [9.17, 15) is 14.4 Å². The normalized spacial score (nSPS) is 17.9. The molecule has 3 heterocycles. The lowest BCUT2D eigenvalue weighted by Gasteiger charge is -2.42. The number of fused-ring (bicyclic) bond motifs is 1. The van der Waals surface area contributed by atoms with E-state index >= 15 is 0 Å². The highest BCUT2D eigenvalue weighted by Gasteiger charge is 2.33. The Morgan fingerprint density at radius 1 is 1.31 bits per heavy atom. The number of hydrogen-bond donors (Lipinski definition) is 1. The van der Waals surface area contributed by atoms with Gasteiger partial charge in [0.2, 0.25) is 5.91 Å². The van der Waals surface area contributed by atoms with Crippen LogP contribution in [0.4, 0.5) is 15.4 Å². The zero-order chi connectivity index (χ0) is 26.6. The van der Waals surface area contributed by atoms with Crippen LogP contribution in [0.3, 0.4) is 0 Å². The molecule has 0 spiro atoms. The maximum absolute atomic E-state index is 13.0. The Bertz CT molecular complexity index is 1170. The minimum atomic E-state index is -0.701. The van der Waals surface area contributed by atoms with Crippen molar-refractivity contribution < 1.29 is 19.1 Å². The van der Waals surface area contributed by atoms with Crippen molar-refractivity contribution in [3.05, 3.63) is 18.6 Å². The number of piperidine rings is 1. The van der Waals surface area contributed by atoms with Gasteiger partial charge in [0.25, 0.3) is 0 Å². The van der Waals surface area contributed by atoms with E-state index in [2.05, 4.69) is 22.3 Å². The van der Waals surface area contributed by atoms with Crippen LogP contribution in [0.2, 0.25) is 0 Å². The average Bonchev–Trinajstić information content (AvgIpc) is 3.25. The summed E-state index contributed by atoms with van der Waals surface area (Å²) in [5, 5.41) is 10.7. The van der Waals surface area contributed by atoms with Crippen molar-refractivity contribution in [1.82, 2.24) is 29.9 Å². The number of amides is 3. The molecule has 0 aromatic carbocycles. The Morgan fingerprint density at radius 3 is 2.67 bits per heavy atom. The van der Waals surface area contributed by atoms with Crippen LogP contribution in [0.1, 0.15) is 47.5 Å². The molecule has 12 heteroatoms. The third-order valence-corrected chi connectivity index (χ3v) is 6.17. The van der Waals surface area contributed by atoms with Crippen LogP contribution in [0, 0.1) is 17.2 Å². The first-order chi connectivity index (χ1) is 17.0. The van der Waals surface area contributed by atoms with E-state index in [4.69, 9.17) is 10.00 Å². The molecule has 1 fully saturated rings. The molecule has 1 N–H and O–H groups in total. The van der Waals surface area contributed by atoms with Gasteiger partial charge >= 0.3 is 12.1 Å². The highest BCUT2D eigenvalue weighted by atomic mass is 16.6. The summed E-state index contributed by atoms with van der Waals surface area (Å²) in [5.41, 5.74) is 2.25. The van der Waals surface area contributed by atoms with Crippen LogP contribution in [-0.4, -0.2) is 80.8 Å². The van der Waals surface area contributed by atoms with Gasteiger partial charge in [-0.3, -0.25) is 9.36 Å². The molecule has 3 rings (SSSR count). The molecular weight excluding hydrogens is 464 g/mol. The lowest BCUT2D eigenvalue weighted by Crippen LogP contribution is -2.52. The number of hydrazine groups is 1. The minimum absolute atomic E-state index is 0.0283. The van der Waals surface area contributed by atoms with E-state index in [1.165, 1.54) is 10.9 Å². The molecule has 1 aliphatic heterocycles. The Balaban J connectivity index is 1.83. The van der Waals surface area contributed by atoms with Crippen LogP contribution < -0.4 is 10.3 Å². The van der Waals surface area contributed by atoms with E-state index in [0.29, 0.717) is 29.9 Å². The lowest BCUT2D eigenvalue weighted by atomic mass is 9.92. The van der Waals surface area contributed by atoms with Gasteiger partial charge in [-0.2, -0.15) is 5.26 Å². The Morgan fingerprint density at radius 2 is 2.03 bits per heavy atom. The second-order valence-electron chi connectivity index (χ2n) is 9.88. The lowest BCUT2D eigenvalue weighted by molar-refractivity contribution is -0.131. The summed E-state index contributed by atoms with van der Waals surface area (Å²) in [7, 11) is 1.90. The number of nitrogens with zero attached hydrogens (tertiary/aromatic N) is 7. The molecule has 0 unspecified atom stereocenters. The second kappa shape index (κ2) is 10.8. The van der Waals surface area contributed by atoms with Gasteiger partial charge in [0.1, 0.15) is 24.2 Å². The fourth-order valence-electron chi connectivity index (χ4n) is 4.24. The number of likely N-dealkylation sites (N-methyl/N-ethyl adjacent to an activating group) is 1. The van der Waals surface area contributed by atoms with Crippen molar-refractivity contribution in [2.24, 2.45) is 5.92 Å². The largest absolute Gasteiger partial charge is 0.442 e. The van der Waals surface area contributed by atoms with Gasteiger partial charge in [-0.15, -0.1) is 0 Å². The molecule has 2 atom stereocenters. The smallest absolute Gasteiger partial charge is 0.429 e. The van der Waals surface area contributed by atoms with Gasteiger partial charge in [0.15, 0.2) is 5.65 Å². The number of anilines is 1. The van der Waals surface area contributed by atoms with Gasteiger partial charge in [-0.25, -0.2) is 30.0 Å². The average molecular weight is 499 g/mol. The maximum Gasteiger partial charge on any atom is 0.429 e. The molecule has 194 valence electrons. The molecule has 1 saturated heterocycles. The van der Waals surface area contributed by atoms with Crippen LogP contribution in [0.15, 0.2) is 18.6 Å². The molecule has 0 bridgehead atoms. The summed E-state index contributed by atoms with van der Waals surface area (Å²) in [6.07, 6.45) is 2.96. The second-order valence-corrected chi connectivity index (χ2v) is 9.88. The SMILES string of the molecule is CCN(NC(=O)n1ccc2c(N(C)[C@H]3CN(C(=O)CC#N)CC[C@H]3C)ncnc21)C(=O)OC(C)(C)C. The van der Waals surface area contributed by atoms with Crippen LogP contribution in [-0.2, 0) is 9.53 Å². The van der Waals surface area contributed by atoms with Crippen molar-refractivity contribution in [2.45, 2.75) is 59.1 Å². The Hall–Kier alpha value is -3.88.